The fourth-order valence-corrected chi connectivity index (χ4v) is 4.40. The molecule has 5 heteroatoms. The van der Waals surface area contributed by atoms with Crippen molar-refractivity contribution >= 4 is 11.9 Å². The molecule has 0 radical (unpaired) electrons. The zero-order chi connectivity index (χ0) is 20.3. The molecular formula is C23H33NO4. The zero-order valence-corrected chi connectivity index (χ0v) is 17.6. The van der Waals surface area contributed by atoms with Crippen LogP contribution in [-0.2, 0) is 4.74 Å². The number of piperidine rings is 2. The van der Waals surface area contributed by atoms with E-state index in [2.05, 4.69) is 6.92 Å². The first kappa shape index (κ1) is 20.7. The molecule has 2 heterocycles. The van der Waals surface area contributed by atoms with Gasteiger partial charge in [-0.25, -0.2) is 4.79 Å². The van der Waals surface area contributed by atoms with Gasteiger partial charge in [0.1, 0.15) is 11.4 Å². The number of rotatable bonds is 5. The van der Waals surface area contributed by atoms with E-state index in [-0.39, 0.29) is 29.9 Å². The van der Waals surface area contributed by atoms with Crippen LogP contribution in [0, 0.1) is 5.92 Å². The average molecular weight is 388 g/mol. The highest BCUT2D eigenvalue weighted by Gasteiger charge is 2.44. The van der Waals surface area contributed by atoms with Crippen molar-refractivity contribution in [1.82, 2.24) is 4.90 Å². The number of fused-ring (bicyclic) bond motifs is 2. The van der Waals surface area contributed by atoms with Gasteiger partial charge in [0, 0.05) is 23.6 Å². The first-order valence-corrected chi connectivity index (χ1v) is 10.6. The third kappa shape index (κ3) is 4.86. The number of carbonyl (C=O) groups excluding carboxylic acids is 2. The van der Waals surface area contributed by atoms with Crippen LogP contribution in [0.4, 0.5) is 4.79 Å². The Morgan fingerprint density at radius 2 is 1.82 bits per heavy atom. The molecule has 2 aliphatic heterocycles. The molecule has 0 aliphatic carbocycles. The topological polar surface area (TPSA) is 55.8 Å². The quantitative estimate of drug-likeness (QED) is 0.650. The number of carbonyl (C=O) groups is 2. The number of Topliss-reactive ketones (excluding diaryl/α,β-unsaturated/α-hetero) is 1. The predicted octanol–water partition coefficient (Wildman–Crippen LogP) is 5.23. The Kier molecular flexibility index (Phi) is 6.31. The Hall–Kier alpha value is -2.04. The fraction of sp³-hybridized carbons (Fsp3) is 0.652. The predicted molar refractivity (Wildman–Crippen MR) is 109 cm³/mol. The molecule has 28 heavy (non-hydrogen) atoms. The molecular weight excluding hydrogens is 354 g/mol. The van der Waals surface area contributed by atoms with Crippen molar-refractivity contribution in [3.05, 3.63) is 29.8 Å². The van der Waals surface area contributed by atoms with Gasteiger partial charge in [-0.3, -0.25) is 4.79 Å². The maximum atomic E-state index is 13.2. The van der Waals surface area contributed by atoms with Gasteiger partial charge in [0.25, 0.3) is 0 Å². The Labute approximate surface area is 168 Å². The highest BCUT2D eigenvalue weighted by Crippen LogP contribution is 2.39. The summed E-state index contributed by atoms with van der Waals surface area (Å²) >= 11 is 0. The second-order valence-electron chi connectivity index (χ2n) is 9.04. The lowest BCUT2D eigenvalue weighted by Crippen LogP contribution is -2.56. The van der Waals surface area contributed by atoms with Crippen LogP contribution in [0.15, 0.2) is 24.3 Å². The molecule has 2 fully saturated rings. The summed E-state index contributed by atoms with van der Waals surface area (Å²) in [6.45, 7) is 8.39. The van der Waals surface area contributed by atoms with Crippen molar-refractivity contribution in [2.45, 2.75) is 83.9 Å². The minimum absolute atomic E-state index is 0.0459. The van der Waals surface area contributed by atoms with Gasteiger partial charge in [0.2, 0.25) is 0 Å². The van der Waals surface area contributed by atoms with Crippen LogP contribution in [-0.4, -0.2) is 41.1 Å². The number of amides is 1. The molecule has 2 saturated heterocycles. The number of nitrogens with zero attached hydrogens (tertiary/aromatic N) is 1. The Bertz CT molecular complexity index is 695. The third-order valence-corrected chi connectivity index (χ3v) is 5.54. The normalized spacial score (nSPS) is 24.6. The first-order valence-electron chi connectivity index (χ1n) is 10.6. The Morgan fingerprint density at radius 3 is 2.43 bits per heavy atom. The van der Waals surface area contributed by atoms with E-state index in [0.29, 0.717) is 25.0 Å². The van der Waals surface area contributed by atoms with Gasteiger partial charge in [-0.05, 0) is 71.4 Å². The van der Waals surface area contributed by atoms with Gasteiger partial charge in [0.05, 0.1) is 6.61 Å². The lowest BCUT2D eigenvalue weighted by molar-refractivity contribution is -0.0260. The summed E-state index contributed by atoms with van der Waals surface area (Å²) in [7, 11) is 0. The number of benzene rings is 1. The number of hydrogen-bond acceptors (Lipinski definition) is 4. The molecule has 1 amide bonds. The number of hydrogen-bond donors (Lipinski definition) is 0. The highest BCUT2D eigenvalue weighted by atomic mass is 16.6. The van der Waals surface area contributed by atoms with E-state index in [9.17, 15) is 9.59 Å². The van der Waals surface area contributed by atoms with E-state index < -0.39 is 5.60 Å². The fourth-order valence-electron chi connectivity index (χ4n) is 4.40. The molecule has 0 N–H and O–H groups in total. The monoisotopic (exact) mass is 387 g/mol. The van der Waals surface area contributed by atoms with Crippen LogP contribution in [0.2, 0.25) is 0 Å². The van der Waals surface area contributed by atoms with Gasteiger partial charge in [0.15, 0.2) is 5.78 Å². The maximum Gasteiger partial charge on any atom is 0.410 e. The van der Waals surface area contributed by atoms with Crippen molar-refractivity contribution < 1.29 is 19.1 Å². The molecule has 0 aromatic heterocycles. The van der Waals surface area contributed by atoms with Gasteiger partial charge >= 0.3 is 6.09 Å². The second-order valence-corrected chi connectivity index (χ2v) is 9.04. The van der Waals surface area contributed by atoms with Crippen molar-refractivity contribution in [2.75, 3.05) is 6.61 Å². The lowest BCUT2D eigenvalue weighted by Gasteiger charge is -2.48. The second kappa shape index (κ2) is 8.54. The zero-order valence-electron chi connectivity index (χ0n) is 17.6. The molecule has 1 aromatic carbocycles. The molecule has 2 bridgehead atoms. The van der Waals surface area contributed by atoms with Crippen molar-refractivity contribution in [3.8, 4) is 5.75 Å². The summed E-state index contributed by atoms with van der Waals surface area (Å²) in [5, 5.41) is 0. The largest absolute Gasteiger partial charge is 0.494 e. The molecule has 2 unspecified atom stereocenters. The summed E-state index contributed by atoms with van der Waals surface area (Å²) in [5.41, 5.74) is 0.208. The highest BCUT2D eigenvalue weighted by molar-refractivity contribution is 5.98. The van der Waals surface area contributed by atoms with Crippen LogP contribution in [0.5, 0.6) is 5.75 Å². The smallest absolute Gasteiger partial charge is 0.410 e. The van der Waals surface area contributed by atoms with Crippen molar-refractivity contribution in [3.63, 3.8) is 0 Å². The lowest BCUT2D eigenvalue weighted by atomic mass is 9.76. The van der Waals surface area contributed by atoms with Gasteiger partial charge in [-0.2, -0.15) is 0 Å². The van der Waals surface area contributed by atoms with Gasteiger partial charge in [-0.1, -0.05) is 19.1 Å². The van der Waals surface area contributed by atoms with Crippen molar-refractivity contribution in [1.29, 1.82) is 0 Å². The number of ketones is 1. The average Bonchev–Trinajstić information content (AvgIpc) is 2.63. The molecule has 2 atom stereocenters. The van der Waals surface area contributed by atoms with E-state index in [1.54, 1.807) is 0 Å². The molecule has 0 spiro atoms. The van der Waals surface area contributed by atoms with E-state index >= 15 is 0 Å². The summed E-state index contributed by atoms with van der Waals surface area (Å²) in [6, 6.07) is 7.69. The molecule has 3 rings (SSSR count). The molecule has 5 nitrogen and oxygen atoms in total. The Morgan fingerprint density at radius 1 is 1.14 bits per heavy atom. The first-order chi connectivity index (χ1) is 13.3. The minimum Gasteiger partial charge on any atom is -0.494 e. The molecule has 1 aromatic rings. The van der Waals surface area contributed by atoms with E-state index in [0.717, 1.165) is 31.4 Å². The number of ether oxygens (including phenoxy) is 2. The molecule has 2 aliphatic rings. The van der Waals surface area contributed by atoms with Crippen LogP contribution < -0.4 is 4.74 Å². The van der Waals surface area contributed by atoms with E-state index in [4.69, 9.17) is 9.47 Å². The SMILES string of the molecule is CCCOc1cccc(C(=O)C2CC3CCCC(C2)N3C(=O)OC(C)(C)C)c1. The summed E-state index contributed by atoms with van der Waals surface area (Å²) in [6.07, 6.45) is 5.13. The minimum atomic E-state index is -0.503. The van der Waals surface area contributed by atoms with Crippen LogP contribution in [0.1, 0.15) is 76.6 Å². The third-order valence-electron chi connectivity index (χ3n) is 5.54. The van der Waals surface area contributed by atoms with E-state index in [1.807, 2.05) is 49.9 Å². The summed E-state index contributed by atoms with van der Waals surface area (Å²) in [4.78, 5) is 27.8. The van der Waals surface area contributed by atoms with Crippen LogP contribution in [0.3, 0.4) is 0 Å². The van der Waals surface area contributed by atoms with Crippen molar-refractivity contribution in [2.24, 2.45) is 5.92 Å². The van der Waals surface area contributed by atoms with Crippen LogP contribution >= 0.6 is 0 Å². The standard InChI is InChI=1S/C23H33NO4/c1-5-12-27-20-11-6-8-16(15-20)21(25)17-13-18-9-7-10-19(14-17)24(18)22(26)28-23(2,3)4/h6,8,11,15,17-19H,5,7,9-10,12-14H2,1-4H3. The van der Waals surface area contributed by atoms with E-state index in [1.165, 1.54) is 0 Å². The Balaban J connectivity index is 1.71. The maximum absolute atomic E-state index is 13.2. The summed E-state index contributed by atoms with van der Waals surface area (Å²) < 4.78 is 11.3. The molecule has 154 valence electrons. The van der Waals surface area contributed by atoms with Gasteiger partial charge in [-0.15, -0.1) is 0 Å². The van der Waals surface area contributed by atoms with Crippen LogP contribution in [0.25, 0.3) is 0 Å². The molecule has 0 saturated carbocycles. The summed E-state index contributed by atoms with van der Waals surface area (Å²) in [5.74, 6) is 0.872. The van der Waals surface area contributed by atoms with Gasteiger partial charge < -0.3 is 14.4 Å².